The second kappa shape index (κ2) is 7.55. The van der Waals surface area contributed by atoms with Crippen molar-refractivity contribution in [2.24, 2.45) is 5.73 Å². The average Bonchev–Trinajstić information content (AvgIpc) is 2.34. The van der Waals surface area contributed by atoms with Gasteiger partial charge in [0.05, 0.1) is 10.6 Å². The molecule has 0 atom stereocenters. The third-order valence-electron chi connectivity index (χ3n) is 2.59. The Labute approximate surface area is 115 Å². The lowest BCUT2D eigenvalue weighted by Crippen LogP contribution is -2.08. The second-order valence-corrected chi connectivity index (χ2v) is 4.59. The van der Waals surface area contributed by atoms with Gasteiger partial charge < -0.3 is 11.1 Å². The topological polar surface area (TPSA) is 50.9 Å². The van der Waals surface area contributed by atoms with Crippen molar-refractivity contribution in [3.8, 4) is 0 Å². The number of unbranched alkanes of at least 4 members (excludes halogenated alkanes) is 3. The van der Waals surface area contributed by atoms with Crippen LogP contribution >= 0.6 is 11.6 Å². The first-order valence-electron chi connectivity index (χ1n) is 6.12. The SMILES string of the molecule is NCCCCCCNc1ncc(C(F)(F)F)cc1Cl. The first-order valence-corrected chi connectivity index (χ1v) is 6.49. The van der Waals surface area contributed by atoms with Crippen LogP contribution in [0.15, 0.2) is 12.3 Å². The smallest absolute Gasteiger partial charge is 0.369 e. The minimum absolute atomic E-state index is 0.0169. The van der Waals surface area contributed by atoms with Crippen LogP contribution in [0.1, 0.15) is 31.2 Å². The van der Waals surface area contributed by atoms with Gasteiger partial charge in [-0.05, 0) is 25.5 Å². The Bertz CT molecular complexity index is 396. The maximum Gasteiger partial charge on any atom is 0.417 e. The van der Waals surface area contributed by atoms with Crippen LogP contribution in [-0.4, -0.2) is 18.1 Å². The zero-order valence-electron chi connectivity index (χ0n) is 10.4. The molecule has 1 rings (SSSR count). The summed E-state index contributed by atoms with van der Waals surface area (Å²) in [6, 6.07) is 0.880. The summed E-state index contributed by atoms with van der Waals surface area (Å²) in [5.74, 6) is 0.286. The number of pyridine rings is 1. The molecule has 1 aromatic heterocycles. The van der Waals surface area contributed by atoms with Crippen molar-refractivity contribution in [3.05, 3.63) is 22.8 Å². The molecule has 0 bridgehead atoms. The average molecular weight is 296 g/mol. The summed E-state index contributed by atoms with van der Waals surface area (Å²) >= 11 is 5.76. The fourth-order valence-electron chi connectivity index (χ4n) is 1.55. The largest absolute Gasteiger partial charge is 0.417 e. The molecule has 19 heavy (non-hydrogen) atoms. The van der Waals surface area contributed by atoms with Crippen molar-refractivity contribution >= 4 is 17.4 Å². The molecule has 0 unspecified atom stereocenters. The summed E-state index contributed by atoms with van der Waals surface area (Å²) in [5, 5.41) is 2.91. The Morgan fingerprint density at radius 2 is 1.89 bits per heavy atom. The number of alkyl halides is 3. The molecule has 0 radical (unpaired) electrons. The number of anilines is 1. The molecule has 0 fully saturated rings. The molecule has 0 aliphatic heterocycles. The van der Waals surface area contributed by atoms with E-state index in [-0.39, 0.29) is 10.8 Å². The lowest BCUT2D eigenvalue weighted by Gasteiger charge is -2.10. The van der Waals surface area contributed by atoms with Crippen LogP contribution in [0.2, 0.25) is 5.02 Å². The van der Waals surface area contributed by atoms with Gasteiger partial charge in [-0.3, -0.25) is 0 Å². The monoisotopic (exact) mass is 295 g/mol. The van der Waals surface area contributed by atoms with Crippen LogP contribution in [-0.2, 0) is 6.18 Å². The van der Waals surface area contributed by atoms with Crippen molar-refractivity contribution in [2.75, 3.05) is 18.4 Å². The molecule has 1 heterocycles. The van der Waals surface area contributed by atoms with Gasteiger partial charge in [0.2, 0.25) is 0 Å². The van der Waals surface area contributed by atoms with E-state index in [1.54, 1.807) is 0 Å². The predicted octanol–water partition coefficient (Wildman–Crippen LogP) is 3.68. The Morgan fingerprint density at radius 1 is 1.21 bits per heavy atom. The second-order valence-electron chi connectivity index (χ2n) is 4.18. The molecule has 0 saturated heterocycles. The zero-order valence-corrected chi connectivity index (χ0v) is 11.2. The molecule has 1 aromatic rings. The van der Waals surface area contributed by atoms with E-state index >= 15 is 0 Å². The highest BCUT2D eigenvalue weighted by Crippen LogP contribution is 2.32. The van der Waals surface area contributed by atoms with Gasteiger partial charge >= 0.3 is 6.18 Å². The summed E-state index contributed by atoms with van der Waals surface area (Å²) in [7, 11) is 0. The molecular formula is C12H17ClF3N3. The molecule has 0 aliphatic carbocycles. The lowest BCUT2D eigenvalue weighted by atomic mass is 10.2. The van der Waals surface area contributed by atoms with Crippen LogP contribution in [0, 0.1) is 0 Å². The van der Waals surface area contributed by atoms with E-state index in [0.29, 0.717) is 13.1 Å². The van der Waals surface area contributed by atoms with Crippen molar-refractivity contribution in [2.45, 2.75) is 31.9 Å². The van der Waals surface area contributed by atoms with E-state index in [9.17, 15) is 13.2 Å². The van der Waals surface area contributed by atoms with E-state index in [2.05, 4.69) is 10.3 Å². The summed E-state index contributed by atoms with van der Waals surface area (Å²) < 4.78 is 37.2. The molecule has 0 spiro atoms. The van der Waals surface area contributed by atoms with Gasteiger partial charge in [-0.25, -0.2) is 4.98 Å². The molecule has 0 aromatic carbocycles. The number of hydrogen-bond acceptors (Lipinski definition) is 3. The highest BCUT2D eigenvalue weighted by Gasteiger charge is 2.31. The minimum atomic E-state index is -4.42. The van der Waals surface area contributed by atoms with Crippen LogP contribution < -0.4 is 11.1 Å². The molecule has 0 saturated carbocycles. The Morgan fingerprint density at radius 3 is 2.47 bits per heavy atom. The summed E-state index contributed by atoms with van der Waals surface area (Å²) in [4.78, 5) is 3.70. The van der Waals surface area contributed by atoms with Crippen LogP contribution in [0.3, 0.4) is 0 Å². The Kier molecular flexibility index (Phi) is 6.37. The maximum atomic E-state index is 12.4. The molecule has 3 N–H and O–H groups in total. The van der Waals surface area contributed by atoms with Crippen molar-refractivity contribution in [1.82, 2.24) is 4.98 Å². The standard InChI is InChI=1S/C12H17ClF3N3/c13-10-7-9(12(14,15)16)8-19-11(10)18-6-4-2-1-3-5-17/h7-8H,1-6,17H2,(H,18,19). The molecule has 108 valence electrons. The Balaban J connectivity index is 2.43. The summed E-state index contributed by atoms with van der Waals surface area (Å²) in [6.07, 6.45) is 0.313. The van der Waals surface area contributed by atoms with Gasteiger partial charge in [-0.1, -0.05) is 24.4 Å². The molecule has 0 aliphatic rings. The molecule has 7 heteroatoms. The maximum absolute atomic E-state index is 12.4. The van der Waals surface area contributed by atoms with Gasteiger partial charge in [0.1, 0.15) is 5.82 Å². The normalized spacial score (nSPS) is 11.6. The van der Waals surface area contributed by atoms with Gasteiger partial charge in [-0.2, -0.15) is 13.2 Å². The molecule has 3 nitrogen and oxygen atoms in total. The number of hydrogen-bond donors (Lipinski definition) is 2. The lowest BCUT2D eigenvalue weighted by molar-refractivity contribution is -0.137. The van der Waals surface area contributed by atoms with Crippen molar-refractivity contribution in [1.29, 1.82) is 0 Å². The highest BCUT2D eigenvalue weighted by molar-refractivity contribution is 6.32. The molecule has 0 amide bonds. The minimum Gasteiger partial charge on any atom is -0.369 e. The van der Waals surface area contributed by atoms with Gasteiger partial charge in [0.25, 0.3) is 0 Å². The number of rotatable bonds is 7. The molecular weight excluding hydrogens is 279 g/mol. The van der Waals surface area contributed by atoms with Crippen LogP contribution in [0.5, 0.6) is 0 Å². The zero-order chi connectivity index (χ0) is 14.3. The van der Waals surface area contributed by atoms with Gasteiger partial charge in [0.15, 0.2) is 0 Å². The number of halogens is 4. The Hall–Kier alpha value is -1.01. The summed E-state index contributed by atoms with van der Waals surface area (Å²) in [5.41, 5.74) is 4.53. The highest BCUT2D eigenvalue weighted by atomic mass is 35.5. The third-order valence-corrected chi connectivity index (χ3v) is 2.88. The number of nitrogens with zero attached hydrogens (tertiary/aromatic N) is 1. The van der Waals surface area contributed by atoms with Crippen molar-refractivity contribution in [3.63, 3.8) is 0 Å². The van der Waals surface area contributed by atoms with E-state index < -0.39 is 11.7 Å². The first-order chi connectivity index (χ1) is 8.95. The van der Waals surface area contributed by atoms with E-state index in [1.165, 1.54) is 0 Å². The van der Waals surface area contributed by atoms with Crippen LogP contribution in [0.25, 0.3) is 0 Å². The van der Waals surface area contributed by atoms with E-state index in [0.717, 1.165) is 37.9 Å². The fraction of sp³-hybridized carbons (Fsp3) is 0.583. The van der Waals surface area contributed by atoms with Crippen molar-refractivity contribution < 1.29 is 13.2 Å². The number of aromatic nitrogens is 1. The summed E-state index contributed by atoms with van der Waals surface area (Å²) in [6.45, 7) is 1.31. The van der Waals surface area contributed by atoms with E-state index in [1.807, 2.05) is 0 Å². The predicted molar refractivity (Wildman–Crippen MR) is 70.3 cm³/mol. The number of nitrogens with two attached hydrogens (primary N) is 1. The van der Waals surface area contributed by atoms with Crippen LogP contribution in [0.4, 0.5) is 19.0 Å². The van der Waals surface area contributed by atoms with Gasteiger partial charge in [0, 0.05) is 12.7 Å². The first kappa shape index (κ1) is 16.0. The van der Waals surface area contributed by atoms with Gasteiger partial charge in [-0.15, -0.1) is 0 Å². The fourth-order valence-corrected chi connectivity index (χ4v) is 1.79. The quantitative estimate of drug-likeness (QED) is 0.754. The third kappa shape index (κ3) is 5.65. The van der Waals surface area contributed by atoms with E-state index in [4.69, 9.17) is 17.3 Å². The number of nitrogens with one attached hydrogen (secondary N) is 1.